The molecule has 0 heterocycles. The van der Waals surface area contributed by atoms with Crippen molar-refractivity contribution in [3.63, 3.8) is 0 Å². The van der Waals surface area contributed by atoms with Crippen LogP contribution in [-0.4, -0.2) is 54.9 Å². The smallest absolute Gasteiger partial charge is 0.338 e. The summed E-state index contributed by atoms with van der Waals surface area (Å²) in [7, 11) is 0. The molecule has 12 aromatic carbocycles. The number of hydrogen-bond donors (Lipinski definition) is 3. The first-order valence-electron chi connectivity index (χ1n) is 33.2. The zero-order chi connectivity index (χ0) is 69.6. The van der Waals surface area contributed by atoms with Gasteiger partial charge in [-0.05, 0) is 139 Å². The lowest BCUT2D eigenvalue weighted by Crippen LogP contribution is -2.23. The van der Waals surface area contributed by atoms with Gasteiger partial charge in [-0.1, -0.05) is 254 Å². The summed E-state index contributed by atoms with van der Waals surface area (Å²) < 4.78 is 16.3. The van der Waals surface area contributed by atoms with Gasteiger partial charge in [-0.15, -0.1) is 0 Å². The van der Waals surface area contributed by atoms with Crippen LogP contribution in [0.25, 0.3) is 32.3 Å². The molecule has 0 saturated heterocycles. The molecule has 0 aromatic heterocycles. The quantitative estimate of drug-likeness (QED) is 0.0381. The van der Waals surface area contributed by atoms with Gasteiger partial charge in [0.15, 0.2) is 0 Å². The molecule has 12 rings (SSSR count). The van der Waals surface area contributed by atoms with E-state index in [1.54, 1.807) is 36.4 Å². The molecule has 0 aliphatic carbocycles. The molecule has 0 radical (unpaired) electrons. The maximum atomic E-state index is 13.0. The number of rotatable bonds is 24. The van der Waals surface area contributed by atoms with Crippen LogP contribution in [0.1, 0.15) is 116 Å². The average Bonchev–Trinajstić information content (AvgIpc) is 1.63. The zero-order valence-electron chi connectivity index (χ0n) is 56.0. The molecule has 0 spiro atoms. The van der Waals surface area contributed by atoms with Gasteiger partial charge in [-0.2, -0.15) is 0 Å². The first kappa shape index (κ1) is 70.5. The molecule has 6 N–H and O–H groups in total. The molecule has 12 heteroatoms. The first-order valence-corrected chi connectivity index (χ1v) is 33.2. The van der Waals surface area contributed by atoms with Gasteiger partial charge >= 0.3 is 17.9 Å². The normalized spacial score (nSPS) is 11.8. The van der Waals surface area contributed by atoms with E-state index in [0.29, 0.717) is 36.0 Å². The van der Waals surface area contributed by atoms with Crippen LogP contribution in [0.15, 0.2) is 273 Å². The van der Waals surface area contributed by atoms with Gasteiger partial charge in [0.05, 0.1) is 34.4 Å². The van der Waals surface area contributed by atoms with E-state index in [1.165, 1.54) is 0 Å². The van der Waals surface area contributed by atoms with Gasteiger partial charge in [-0.3, -0.25) is 14.4 Å². The van der Waals surface area contributed by atoms with Crippen LogP contribution in [0, 0.1) is 20.8 Å². The lowest BCUT2D eigenvalue weighted by atomic mass is 9.90. The highest BCUT2D eigenvalue weighted by Crippen LogP contribution is 2.27. The summed E-state index contributed by atoms with van der Waals surface area (Å²) in [5, 5.41) is 6.83. The Morgan fingerprint density at radius 1 is 0.293 bits per heavy atom. The topological polar surface area (TPSA) is 208 Å². The summed E-state index contributed by atoms with van der Waals surface area (Å²) in [6.07, 6.45) is 1.01. The van der Waals surface area contributed by atoms with Crippen molar-refractivity contribution >= 4 is 67.6 Å². The molecule has 12 nitrogen and oxygen atoms in total. The van der Waals surface area contributed by atoms with Crippen LogP contribution in [-0.2, 0) is 67.7 Å². The SMILES string of the molecule is Cc1ccc(C(=O)OCc2ccc(C(CN)C(=O)Cc3ccc4ccccc4c3)cc2)c(C)c1.Cc1ccccc1C(=O)OCc1ccc(C(CN)C(=O)Cc2ccc3ccccc3c2)cc1.NCC(C(=O)Cc1ccc2ccccc2c1)c1ccc(COC(=O)c2ccccc2)cc1. The Morgan fingerprint density at radius 2 is 0.606 bits per heavy atom. The van der Waals surface area contributed by atoms with Crippen molar-refractivity contribution in [3.05, 3.63) is 356 Å². The fourth-order valence-corrected chi connectivity index (χ4v) is 12.0. The van der Waals surface area contributed by atoms with Crippen LogP contribution in [0.4, 0.5) is 0 Å². The number of ketones is 3. The molecule has 12 aromatic rings. The van der Waals surface area contributed by atoms with E-state index in [1.807, 2.05) is 215 Å². The van der Waals surface area contributed by atoms with E-state index in [4.69, 9.17) is 31.4 Å². The van der Waals surface area contributed by atoms with Crippen molar-refractivity contribution in [1.82, 2.24) is 0 Å². The van der Waals surface area contributed by atoms with E-state index in [9.17, 15) is 28.8 Å². The molecule has 0 aliphatic heterocycles. The Hall–Kier alpha value is -11.3. The fourth-order valence-electron chi connectivity index (χ4n) is 12.0. The van der Waals surface area contributed by atoms with Crippen molar-refractivity contribution in [1.29, 1.82) is 0 Å². The average molecular weight is 1310 g/mol. The second-order valence-corrected chi connectivity index (χ2v) is 24.8. The molecular formula is C87H81N3O9. The number of ether oxygens (including phenoxy) is 3. The maximum absolute atomic E-state index is 13.0. The highest BCUT2D eigenvalue weighted by molar-refractivity contribution is 5.94. The summed E-state index contributed by atoms with van der Waals surface area (Å²) in [6, 6.07) is 87.2. The number of Topliss-reactive ketones (excluding diaryl/α,β-unsaturated/α-hetero) is 3. The number of nitrogens with two attached hydrogens (primary N) is 3. The molecule has 3 unspecified atom stereocenters. The molecule has 0 aliphatic rings. The Bertz CT molecular complexity index is 4780. The second-order valence-electron chi connectivity index (χ2n) is 24.8. The van der Waals surface area contributed by atoms with E-state index in [0.717, 1.165) is 99.1 Å². The first-order chi connectivity index (χ1) is 48.1. The molecule has 0 fully saturated rings. The Labute approximate surface area is 578 Å². The molecule has 498 valence electrons. The van der Waals surface area contributed by atoms with Crippen molar-refractivity contribution < 1.29 is 43.0 Å². The summed E-state index contributed by atoms with van der Waals surface area (Å²) in [5.41, 5.74) is 30.6. The van der Waals surface area contributed by atoms with Crippen LogP contribution < -0.4 is 17.2 Å². The highest BCUT2D eigenvalue weighted by atomic mass is 16.5. The van der Waals surface area contributed by atoms with E-state index in [2.05, 4.69) is 42.5 Å². The number of fused-ring (bicyclic) bond motifs is 3. The largest absolute Gasteiger partial charge is 0.457 e. The summed E-state index contributed by atoms with van der Waals surface area (Å²) in [6.45, 7) is 7.03. The van der Waals surface area contributed by atoms with Crippen LogP contribution >= 0.6 is 0 Å². The summed E-state index contributed by atoms with van der Waals surface area (Å²) in [5.74, 6) is -1.90. The number of benzene rings is 12. The van der Waals surface area contributed by atoms with Crippen molar-refractivity contribution in [2.24, 2.45) is 17.2 Å². The van der Waals surface area contributed by atoms with Gasteiger partial charge in [0, 0.05) is 38.9 Å². The zero-order valence-corrected chi connectivity index (χ0v) is 56.0. The summed E-state index contributed by atoms with van der Waals surface area (Å²) >= 11 is 0. The fraction of sp³-hybridized carbons (Fsp3) is 0.172. The minimum absolute atomic E-state index is 0.0889. The minimum Gasteiger partial charge on any atom is -0.457 e. The Kier molecular flexibility index (Phi) is 24.6. The third kappa shape index (κ3) is 19.3. The number of carbonyl (C=O) groups excluding carboxylic acids is 6. The maximum Gasteiger partial charge on any atom is 0.338 e. The Morgan fingerprint density at radius 3 is 0.960 bits per heavy atom. The predicted molar refractivity (Wildman–Crippen MR) is 394 cm³/mol. The Balaban J connectivity index is 0.000000161. The van der Waals surface area contributed by atoms with Crippen molar-refractivity contribution in [3.8, 4) is 0 Å². The molecule has 0 bridgehead atoms. The summed E-state index contributed by atoms with van der Waals surface area (Å²) in [4.78, 5) is 75.9. The molecule has 99 heavy (non-hydrogen) atoms. The van der Waals surface area contributed by atoms with Crippen LogP contribution in [0.2, 0.25) is 0 Å². The third-order valence-electron chi connectivity index (χ3n) is 17.7. The van der Waals surface area contributed by atoms with Gasteiger partial charge in [-0.25, -0.2) is 14.4 Å². The van der Waals surface area contributed by atoms with Crippen LogP contribution in [0.5, 0.6) is 0 Å². The second kappa shape index (κ2) is 34.6. The minimum atomic E-state index is -0.377. The molecule has 3 atom stereocenters. The van der Waals surface area contributed by atoms with Crippen molar-refractivity contribution in [2.75, 3.05) is 19.6 Å². The van der Waals surface area contributed by atoms with Gasteiger partial charge in [0.25, 0.3) is 0 Å². The van der Waals surface area contributed by atoms with Gasteiger partial charge < -0.3 is 31.4 Å². The van der Waals surface area contributed by atoms with Gasteiger partial charge in [0.1, 0.15) is 37.2 Å². The monoisotopic (exact) mass is 1310 g/mol. The van der Waals surface area contributed by atoms with E-state index in [-0.39, 0.29) is 92.5 Å². The van der Waals surface area contributed by atoms with Gasteiger partial charge in [0.2, 0.25) is 0 Å². The molecule has 0 saturated carbocycles. The number of hydrogen-bond acceptors (Lipinski definition) is 12. The van der Waals surface area contributed by atoms with Crippen LogP contribution in [0.3, 0.4) is 0 Å². The molecule has 0 amide bonds. The lowest BCUT2D eigenvalue weighted by Gasteiger charge is -2.15. The number of carbonyl (C=O) groups is 6. The number of esters is 3. The van der Waals surface area contributed by atoms with Crippen molar-refractivity contribution in [2.45, 2.75) is 77.6 Å². The number of aryl methyl sites for hydroxylation is 3. The standard InChI is InChI=1S/C30H29NO3.C29H27NO3.C28H25NO3/c1-20-7-14-27(21(2)15-20)30(33)34-19-22-8-12-25(13-9-22)28(18-31)29(32)17-23-10-11-24-5-3-4-6-26(24)16-23;1-20-6-2-5-9-26(20)29(32)33-19-21-10-14-24(15-11-21)27(18-30)28(31)17-22-12-13-23-7-3-4-8-25(23)16-22;29-18-26(27(30)17-21-12-13-22-6-4-5-9-25(22)16-21)23-14-10-20(11-15-23)19-32-28(31)24-7-2-1-3-8-24/h3-16,28H,17-19,31H2,1-2H3;2-16,27H,17-19,30H2,1H3;1-16,26H,17-19,29H2. The third-order valence-corrected chi connectivity index (χ3v) is 17.7. The lowest BCUT2D eigenvalue weighted by molar-refractivity contribution is -0.120. The van der Waals surface area contributed by atoms with E-state index >= 15 is 0 Å². The van der Waals surface area contributed by atoms with E-state index < -0.39 is 0 Å². The predicted octanol–water partition coefficient (Wildman–Crippen LogP) is 16.1. The highest BCUT2D eigenvalue weighted by Gasteiger charge is 2.23. The molecular weight excluding hydrogens is 1230 g/mol.